The second-order valence-corrected chi connectivity index (χ2v) is 20.5. The van der Waals surface area contributed by atoms with Gasteiger partial charge >= 0.3 is 0 Å². The molecule has 1 aromatic heterocycles. The molecular formula is C95H129N. The van der Waals surface area contributed by atoms with Crippen LogP contribution in [0.15, 0.2) is 249 Å². The van der Waals surface area contributed by atoms with Crippen LogP contribution in [-0.2, 0) is 39.2 Å². The second kappa shape index (κ2) is 55.7. The maximum Gasteiger partial charge on any atom is 0.0488 e. The number of rotatable bonds is 3. The summed E-state index contributed by atoms with van der Waals surface area (Å²) in [5.41, 5.74) is 17.1. The van der Waals surface area contributed by atoms with Gasteiger partial charge in [0.15, 0.2) is 0 Å². The molecule has 0 unspecified atom stereocenters. The zero-order valence-corrected chi connectivity index (χ0v) is 64.5. The van der Waals surface area contributed by atoms with Crippen molar-refractivity contribution in [1.82, 2.24) is 4.57 Å². The van der Waals surface area contributed by atoms with Crippen LogP contribution in [0.2, 0.25) is 0 Å². The molecule has 0 aliphatic heterocycles. The molecule has 15 rings (SSSR count). The Morgan fingerprint density at radius 2 is 0.656 bits per heavy atom. The Balaban J connectivity index is 0.00000106. The molecule has 0 N–H and O–H groups in total. The van der Waals surface area contributed by atoms with E-state index in [1.807, 2.05) is 125 Å². The van der Waals surface area contributed by atoms with Gasteiger partial charge in [0.1, 0.15) is 0 Å². The summed E-state index contributed by atoms with van der Waals surface area (Å²) in [4.78, 5) is 0. The second-order valence-electron chi connectivity index (χ2n) is 20.5. The van der Waals surface area contributed by atoms with Gasteiger partial charge in [0.25, 0.3) is 0 Å². The van der Waals surface area contributed by atoms with Crippen molar-refractivity contribution in [1.29, 1.82) is 0 Å². The summed E-state index contributed by atoms with van der Waals surface area (Å²) in [6.45, 7) is 44.7. The zero-order chi connectivity index (χ0) is 71.9. The van der Waals surface area contributed by atoms with Crippen LogP contribution < -0.4 is 0 Å². The van der Waals surface area contributed by atoms with Crippen molar-refractivity contribution in [2.45, 2.75) is 204 Å². The highest BCUT2D eigenvalue weighted by molar-refractivity contribution is 6.08. The van der Waals surface area contributed by atoms with E-state index in [2.05, 4.69) is 306 Å². The number of hydrogen-bond donors (Lipinski definition) is 0. The molecule has 96 heavy (non-hydrogen) atoms. The lowest BCUT2D eigenvalue weighted by Crippen LogP contribution is -2.01. The van der Waals surface area contributed by atoms with Gasteiger partial charge in [0, 0.05) is 28.9 Å². The van der Waals surface area contributed by atoms with E-state index in [1.54, 1.807) is 11.1 Å². The topological polar surface area (TPSA) is 4.93 Å². The molecule has 0 radical (unpaired) electrons. The number of hydrogen-bond acceptors (Lipinski definition) is 0. The Kier molecular flexibility index (Phi) is 50.8. The van der Waals surface area contributed by atoms with Gasteiger partial charge in [0.2, 0.25) is 0 Å². The number of aromatic nitrogens is 1. The summed E-state index contributed by atoms with van der Waals surface area (Å²) < 4.78 is 2.24. The lowest BCUT2D eigenvalue weighted by molar-refractivity contribution is 0.687. The summed E-state index contributed by atoms with van der Waals surface area (Å²) in [5, 5.41) is 10.8. The molecule has 0 atom stereocenters. The number of nitrogens with zero attached hydrogens (tertiary/aromatic N) is 1. The van der Waals surface area contributed by atoms with Crippen molar-refractivity contribution in [2.75, 3.05) is 0 Å². The Morgan fingerprint density at radius 3 is 1.05 bits per heavy atom. The van der Waals surface area contributed by atoms with Gasteiger partial charge in [-0.15, -0.1) is 0 Å². The number of aryl methyl sites for hydroxylation is 7. The highest BCUT2D eigenvalue weighted by Gasteiger charge is 2.10. The predicted molar refractivity (Wildman–Crippen MR) is 445 cm³/mol. The fourth-order valence-electron chi connectivity index (χ4n) is 10.9. The number of para-hydroxylation sites is 2. The van der Waals surface area contributed by atoms with Gasteiger partial charge in [-0.3, -0.25) is 0 Å². The average Bonchev–Trinajstić information content (AvgIpc) is 1.60. The molecule has 0 fully saturated rings. The molecule has 0 spiro atoms. The molecule has 0 saturated carbocycles. The van der Waals surface area contributed by atoms with Crippen LogP contribution in [-0.4, -0.2) is 4.57 Å². The summed E-state index contributed by atoms with van der Waals surface area (Å²) >= 11 is 0. The van der Waals surface area contributed by atoms with Gasteiger partial charge in [-0.2, -0.15) is 0 Å². The molecule has 3 aliphatic rings. The third kappa shape index (κ3) is 28.4. The van der Waals surface area contributed by atoms with E-state index < -0.39 is 0 Å². The van der Waals surface area contributed by atoms with Crippen LogP contribution in [0.25, 0.3) is 72.4 Å². The SMILES string of the molecule is C1=Cc2cccc3cccc1c23.C1=Cc2ccccc2C1.CC.CC.CC.CC.CC.CC.CC.CC.CC.CCCc1ccccc1C.CCc1ccccc1C.Cn1c2ccccc2c2ccccc21.c1ccc2cc3c(cc2c1)CCCC3.c1ccc2ccccc2c1. The predicted octanol–water partition coefficient (Wildman–Crippen LogP) is 30.2. The quantitative estimate of drug-likeness (QED) is 0.166. The highest BCUT2D eigenvalue weighted by Crippen LogP contribution is 2.31. The van der Waals surface area contributed by atoms with Gasteiger partial charge in [-0.05, 0) is 159 Å². The van der Waals surface area contributed by atoms with Crippen LogP contribution >= 0.6 is 0 Å². The van der Waals surface area contributed by atoms with E-state index in [0.29, 0.717) is 0 Å². The molecule has 1 nitrogen and oxygen atoms in total. The molecule has 0 amide bonds. The first-order valence-corrected chi connectivity index (χ1v) is 37.3. The first-order chi connectivity index (χ1) is 47.4. The standard InChI is InChI=1S/C14H14.C13H11N.C12H8.C10H8.C10H14.C9H8.C9H12.9C2H6/c1-2-6-12-10-14-8-4-3-7-13(14)9-11(12)5-1;1-14-12-8-4-2-6-10(12)11-7-3-5-9-13(11)14;1-3-9-4-2-6-11-8-7-10(5-1)12(9)11;1-2-6-10-8-4-3-7-9(10)5-1;1-3-6-10-8-5-4-7-9(10)2;1-2-5-9-7-3-6-8(9)4-1;1-3-9-7-5-4-6-8(9)2;9*1-2/h1-2,5-6,9-10H,3-4,7-8H2;2-9H,1H3;1-8H;1-8H;4-5,7-8H,3,6H2,1-2H3;1-6H,7H2;4-7H,3H2,1-2H3;9*1-2H3. The molecule has 3 aliphatic carbocycles. The molecule has 1 heterocycles. The number of benzene rings is 11. The van der Waals surface area contributed by atoms with Crippen LogP contribution in [0.4, 0.5) is 0 Å². The molecular weight excluding hydrogens is 1160 g/mol. The molecule has 0 bridgehead atoms. The van der Waals surface area contributed by atoms with Crippen molar-refractivity contribution in [3.05, 3.63) is 304 Å². The summed E-state index contributed by atoms with van der Waals surface area (Å²) in [6, 6.07) is 85.6. The minimum Gasteiger partial charge on any atom is -0.344 e. The normalized spacial score (nSPS) is 10.3. The zero-order valence-electron chi connectivity index (χ0n) is 64.5. The number of allylic oxidation sites excluding steroid dienone is 1. The fourth-order valence-corrected chi connectivity index (χ4v) is 10.9. The maximum absolute atomic E-state index is 2.38. The van der Waals surface area contributed by atoms with Crippen LogP contribution in [0.1, 0.15) is 213 Å². The number of fused-ring (bicyclic) bond motifs is 7. The largest absolute Gasteiger partial charge is 0.344 e. The van der Waals surface area contributed by atoms with Crippen LogP contribution in [0.5, 0.6) is 0 Å². The van der Waals surface area contributed by atoms with Gasteiger partial charge in [-0.1, -0.05) is 400 Å². The van der Waals surface area contributed by atoms with Crippen molar-refractivity contribution in [3.63, 3.8) is 0 Å². The van der Waals surface area contributed by atoms with E-state index in [-0.39, 0.29) is 0 Å². The van der Waals surface area contributed by atoms with Gasteiger partial charge in [0.05, 0.1) is 0 Å². The third-order valence-corrected chi connectivity index (χ3v) is 15.2. The Morgan fingerprint density at radius 1 is 0.312 bits per heavy atom. The third-order valence-electron chi connectivity index (χ3n) is 15.2. The first-order valence-electron chi connectivity index (χ1n) is 37.3. The van der Waals surface area contributed by atoms with Crippen molar-refractivity contribution < 1.29 is 0 Å². The summed E-state index contributed by atoms with van der Waals surface area (Å²) in [7, 11) is 2.12. The molecule has 12 aromatic rings. The monoisotopic (exact) mass is 1280 g/mol. The lowest BCUT2D eigenvalue weighted by Gasteiger charge is -2.16. The van der Waals surface area contributed by atoms with E-state index >= 15 is 0 Å². The molecule has 514 valence electrons. The summed E-state index contributed by atoms with van der Waals surface area (Å²) in [6.07, 6.45) is 18.7. The van der Waals surface area contributed by atoms with Crippen molar-refractivity contribution in [3.8, 4) is 0 Å². The van der Waals surface area contributed by atoms with Gasteiger partial charge in [-0.25, -0.2) is 0 Å². The van der Waals surface area contributed by atoms with Gasteiger partial charge < -0.3 is 4.57 Å². The lowest BCUT2D eigenvalue weighted by atomic mass is 9.89. The van der Waals surface area contributed by atoms with Crippen LogP contribution in [0.3, 0.4) is 0 Å². The average molecular weight is 1290 g/mol. The Hall–Kier alpha value is -8.52. The van der Waals surface area contributed by atoms with E-state index in [1.165, 1.54) is 137 Å². The highest BCUT2D eigenvalue weighted by atomic mass is 14.9. The summed E-state index contributed by atoms with van der Waals surface area (Å²) in [5.74, 6) is 0. The first kappa shape index (κ1) is 87.5. The smallest absolute Gasteiger partial charge is 0.0488 e. The van der Waals surface area contributed by atoms with E-state index in [9.17, 15) is 0 Å². The fraction of sp³-hybridized carbons (Fsp3) is 0.326. The Bertz CT molecular complexity index is 3730. The van der Waals surface area contributed by atoms with Crippen LogP contribution in [0, 0.1) is 13.8 Å². The molecule has 0 saturated heterocycles. The van der Waals surface area contributed by atoms with E-state index in [4.69, 9.17) is 0 Å². The minimum atomic E-state index is 1.12. The molecule has 1 heteroatoms. The Labute approximate surface area is 588 Å². The minimum absolute atomic E-state index is 1.12. The van der Waals surface area contributed by atoms with Crippen molar-refractivity contribution in [2.24, 2.45) is 7.05 Å². The maximum atomic E-state index is 2.38. The molecule has 11 aromatic carbocycles. The van der Waals surface area contributed by atoms with Crippen molar-refractivity contribution >= 4 is 72.4 Å². The van der Waals surface area contributed by atoms with E-state index in [0.717, 1.165) is 12.8 Å².